The minimum Gasteiger partial charge on any atom is -0.363 e. The van der Waals surface area contributed by atoms with Crippen molar-refractivity contribution in [1.29, 1.82) is 0 Å². The molecule has 0 spiro atoms. The van der Waals surface area contributed by atoms with Crippen LogP contribution in [0.25, 0.3) is 0 Å². The Balaban J connectivity index is 1.95. The summed E-state index contributed by atoms with van der Waals surface area (Å²) < 4.78 is 1.71. The molecule has 0 saturated heterocycles. The molecule has 1 aromatic carbocycles. The lowest BCUT2D eigenvalue weighted by atomic mass is 10.1. The summed E-state index contributed by atoms with van der Waals surface area (Å²) in [6.45, 7) is 4.87. The maximum atomic E-state index is 12.2. The zero-order valence-electron chi connectivity index (χ0n) is 12.7. The standard InChI is InChI=1S/C17H23N3O/c1-3-12-20-13-11-18-16(17(20)21)19-14(2)9-10-15-7-5-4-6-8-15/h4-8,11,13-14H,3,9-10,12H2,1-2H3,(H,18,19). The van der Waals surface area contributed by atoms with Crippen LogP contribution in [0, 0.1) is 0 Å². The van der Waals surface area contributed by atoms with E-state index >= 15 is 0 Å². The summed E-state index contributed by atoms with van der Waals surface area (Å²) in [6, 6.07) is 10.6. The Labute approximate surface area is 125 Å². The van der Waals surface area contributed by atoms with Crippen molar-refractivity contribution in [3.05, 3.63) is 58.6 Å². The average Bonchev–Trinajstić information content (AvgIpc) is 2.50. The van der Waals surface area contributed by atoms with Gasteiger partial charge in [-0.25, -0.2) is 4.98 Å². The summed E-state index contributed by atoms with van der Waals surface area (Å²) in [5.41, 5.74) is 1.28. The molecule has 21 heavy (non-hydrogen) atoms. The topological polar surface area (TPSA) is 46.9 Å². The molecule has 0 aliphatic heterocycles. The van der Waals surface area contributed by atoms with E-state index in [1.54, 1.807) is 17.0 Å². The van der Waals surface area contributed by atoms with Crippen LogP contribution in [0.4, 0.5) is 5.82 Å². The number of nitrogens with one attached hydrogen (secondary N) is 1. The minimum absolute atomic E-state index is 0.0362. The Bertz CT molecular complexity index is 607. The number of nitrogens with zero attached hydrogens (tertiary/aromatic N) is 2. The van der Waals surface area contributed by atoms with Crippen molar-refractivity contribution >= 4 is 5.82 Å². The predicted molar refractivity (Wildman–Crippen MR) is 86.6 cm³/mol. The molecule has 0 fully saturated rings. The third-order valence-electron chi connectivity index (χ3n) is 3.47. The van der Waals surface area contributed by atoms with E-state index in [-0.39, 0.29) is 11.6 Å². The lowest BCUT2D eigenvalue weighted by Crippen LogP contribution is -2.28. The molecule has 4 nitrogen and oxygen atoms in total. The molecule has 112 valence electrons. The molecular formula is C17H23N3O. The highest BCUT2D eigenvalue weighted by Crippen LogP contribution is 2.07. The zero-order valence-corrected chi connectivity index (χ0v) is 12.7. The van der Waals surface area contributed by atoms with E-state index in [9.17, 15) is 4.79 Å². The van der Waals surface area contributed by atoms with E-state index in [1.165, 1.54) is 5.56 Å². The smallest absolute Gasteiger partial charge is 0.293 e. The molecule has 2 rings (SSSR count). The van der Waals surface area contributed by atoms with Crippen LogP contribution in [-0.2, 0) is 13.0 Å². The number of aromatic nitrogens is 2. The van der Waals surface area contributed by atoms with E-state index < -0.39 is 0 Å². The molecule has 2 aromatic rings. The predicted octanol–water partition coefficient (Wildman–Crippen LogP) is 3.09. The van der Waals surface area contributed by atoms with Gasteiger partial charge in [-0.1, -0.05) is 37.3 Å². The molecular weight excluding hydrogens is 262 g/mol. The molecule has 1 heterocycles. The van der Waals surface area contributed by atoms with Gasteiger partial charge in [0.2, 0.25) is 0 Å². The van der Waals surface area contributed by atoms with E-state index in [1.807, 2.05) is 6.07 Å². The van der Waals surface area contributed by atoms with Crippen LogP contribution in [0.2, 0.25) is 0 Å². The lowest BCUT2D eigenvalue weighted by molar-refractivity contribution is 0.642. The van der Waals surface area contributed by atoms with Crippen LogP contribution in [-0.4, -0.2) is 15.6 Å². The first-order valence-corrected chi connectivity index (χ1v) is 7.56. The van der Waals surface area contributed by atoms with Gasteiger partial charge in [-0.15, -0.1) is 0 Å². The number of aryl methyl sites for hydroxylation is 2. The van der Waals surface area contributed by atoms with Gasteiger partial charge in [0.05, 0.1) is 0 Å². The molecule has 0 amide bonds. The second kappa shape index (κ2) is 7.62. The first kappa shape index (κ1) is 15.3. The highest BCUT2D eigenvalue weighted by Gasteiger charge is 2.08. The lowest BCUT2D eigenvalue weighted by Gasteiger charge is -2.15. The van der Waals surface area contributed by atoms with Gasteiger partial charge < -0.3 is 9.88 Å². The van der Waals surface area contributed by atoms with Crippen molar-refractivity contribution in [3.8, 4) is 0 Å². The molecule has 1 aromatic heterocycles. The molecule has 1 N–H and O–H groups in total. The quantitative estimate of drug-likeness (QED) is 0.850. The molecule has 0 aliphatic carbocycles. The van der Waals surface area contributed by atoms with Crippen LogP contribution >= 0.6 is 0 Å². The normalized spacial score (nSPS) is 12.1. The van der Waals surface area contributed by atoms with Crippen molar-refractivity contribution < 1.29 is 0 Å². The van der Waals surface area contributed by atoms with E-state index in [2.05, 4.69) is 48.4 Å². The van der Waals surface area contributed by atoms with Crippen LogP contribution < -0.4 is 10.9 Å². The molecule has 0 bridgehead atoms. The molecule has 0 radical (unpaired) electrons. The van der Waals surface area contributed by atoms with Gasteiger partial charge in [-0.2, -0.15) is 0 Å². The summed E-state index contributed by atoms with van der Waals surface area (Å²) in [4.78, 5) is 16.4. The fourth-order valence-electron chi connectivity index (χ4n) is 2.30. The number of hydrogen-bond donors (Lipinski definition) is 1. The van der Waals surface area contributed by atoms with Crippen molar-refractivity contribution in [1.82, 2.24) is 9.55 Å². The first-order valence-electron chi connectivity index (χ1n) is 7.56. The third-order valence-corrected chi connectivity index (χ3v) is 3.47. The summed E-state index contributed by atoms with van der Waals surface area (Å²) >= 11 is 0. The van der Waals surface area contributed by atoms with E-state index in [0.29, 0.717) is 5.82 Å². The third kappa shape index (κ3) is 4.45. The van der Waals surface area contributed by atoms with Crippen molar-refractivity contribution in [2.45, 2.75) is 45.7 Å². The van der Waals surface area contributed by atoms with Crippen LogP contribution in [0.3, 0.4) is 0 Å². The summed E-state index contributed by atoms with van der Waals surface area (Å²) in [5.74, 6) is 0.450. The van der Waals surface area contributed by atoms with E-state index in [0.717, 1.165) is 25.8 Å². The molecule has 1 atom stereocenters. The Morgan fingerprint density at radius 2 is 2.05 bits per heavy atom. The second-order valence-corrected chi connectivity index (χ2v) is 5.34. The monoisotopic (exact) mass is 285 g/mol. The van der Waals surface area contributed by atoms with Gasteiger partial charge in [-0.05, 0) is 31.7 Å². The highest BCUT2D eigenvalue weighted by atomic mass is 16.1. The summed E-state index contributed by atoms with van der Waals surface area (Å²) in [6.07, 6.45) is 6.32. The number of hydrogen-bond acceptors (Lipinski definition) is 3. The maximum Gasteiger partial charge on any atom is 0.293 e. The highest BCUT2D eigenvalue weighted by molar-refractivity contribution is 5.32. The van der Waals surface area contributed by atoms with Crippen LogP contribution in [0.15, 0.2) is 47.5 Å². The second-order valence-electron chi connectivity index (χ2n) is 5.34. The fraction of sp³-hybridized carbons (Fsp3) is 0.412. The van der Waals surface area contributed by atoms with Gasteiger partial charge in [0.1, 0.15) is 0 Å². The fourth-order valence-corrected chi connectivity index (χ4v) is 2.30. The summed E-state index contributed by atoms with van der Waals surface area (Å²) in [5, 5.41) is 3.23. The Morgan fingerprint density at radius 3 is 2.76 bits per heavy atom. The van der Waals surface area contributed by atoms with Crippen molar-refractivity contribution in [2.24, 2.45) is 0 Å². The average molecular weight is 285 g/mol. The van der Waals surface area contributed by atoms with Crippen molar-refractivity contribution in [3.63, 3.8) is 0 Å². The van der Waals surface area contributed by atoms with Gasteiger partial charge in [0, 0.05) is 25.0 Å². The van der Waals surface area contributed by atoms with Crippen LogP contribution in [0.5, 0.6) is 0 Å². The van der Waals surface area contributed by atoms with Crippen LogP contribution in [0.1, 0.15) is 32.3 Å². The van der Waals surface area contributed by atoms with Gasteiger partial charge in [-0.3, -0.25) is 4.79 Å². The molecule has 4 heteroatoms. The maximum absolute atomic E-state index is 12.2. The molecule has 0 saturated carbocycles. The minimum atomic E-state index is -0.0362. The van der Waals surface area contributed by atoms with E-state index in [4.69, 9.17) is 0 Å². The van der Waals surface area contributed by atoms with Crippen molar-refractivity contribution in [2.75, 3.05) is 5.32 Å². The first-order chi connectivity index (χ1) is 10.2. The van der Waals surface area contributed by atoms with Gasteiger partial charge in [0.15, 0.2) is 5.82 Å². The van der Waals surface area contributed by atoms with Gasteiger partial charge >= 0.3 is 0 Å². The summed E-state index contributed by atoms with van der Waals surface area (Å²) in [7, 11) is 0. The van der Waals surface area contributed by atoms with Gasteiger partial charge in [0.25, 0.3) is 5.56 Å². The Kier molecular flexibility index (Phi) is 5.55. The zero-order chi connectivity index (χ0) is 15.1. The number of anilines is 1. The number of rotatable bonds is 7. The SMILES string of the molecule is CCCn1ccnc(NC(C)CCc2ccccc2)c1=O. The Morgan fingerprint density at radius 1 is 1.29 bits per heavy atom. The largest absolute Gasteiger partial charge is 0.363 e. The molecule has 0 aliphatic rings. The number of benzene rings is 1. The molecule has 1 unspecified atom stereocenters. The Hall–Kier alpha value is -2.10.